The van der Waals surface area contributed by atoms with E-state index in [9.17, 15) is 18.9 Å². The Balaban J connectivity index is 1.43. The highest BCUT2D eigenvalue weighted by atomic mass is 32.2. The number of aliphatic hydroxyl groups excluding tert-OH is 1. The minimum Gasteiger partial charge on any atom is -0.452 e. The number of aryl methyl sites for hydroxylation is 1. The van der Waals surface area contributed by atoms with Crippen LogP contribution in [-0.2, 0) is 29.4 Å². The van der Waals surface area contributed by atoms with Gasteiger partial charge in [0, 0.05) is 4.90 Å². The normalized spacial score (nSPS) is 21.0. The summed E-state index contributed by atoms with van der Waals surface area (Å²) in [4.78, 5) is 27.7. The predicted octanol–water partition coefficient (Wildman–Crippen LogP) is 6.22. The van der Waals surface area contributed by atoms with Crippen molar-refractivity contribution >= 4 is 41.4 Å². The molecule has 1 aliphatic rings. The predicted molar refractivity (Wildman–Crippen MR) is 207 cm³/mol. The number of carbonyl (C=O) groups excluding carboxylic acids is 2. The van der Waals surface area contributed by atoms with E-state index >= 15 is 0 Å². The summed E-state index contributed by atoms with van der Waals surface area (Å²) < 4.78 is 40.3. The molecule has 6 rings (SSSR count). The maximum absolute atomic E-state index is 14.5. The van der Waals surface area contributed by atoms with Gasteiger partial charge >= 0.3 is 11.9 Å². The second-order valence-electron chi connectivity index (χ2n) is 14.1. The second kappa shape index (κ2) is 16.5. The number of carbonyl (C=O) groups is 2. The maximum atomic E-state index is 14.5. The van der Waals surface area contributed by atoms with Crippen LogP contribution in [-0.4, -0.2) is 66.0 Å². The van der Waals surface area contributed by atoms with E-state index in [2.05, 4.69) is 45.0 Å². The number of hydrogen-bond donors (Lipinski definition) is 1. The molecule has 0 radical (unpaired) electrons. The fourth-order valence-corrected chi connectivity index (χ4v) is 12.7. The molecule has 6 atom stereocenters. The average Bonchev–Trinajstić information content (AvgIpc) is 3.18. The highest BCUT2D eigenvalue weighted by Gasteiger charge is 2.55. The van der Waals surface area contributed by atoms with E-state index in [1.54, 1.807) is 72.8 Å². The molecule has 5 aromatic rings. The lowest BCUT2D eigenvalue weighted by Crippen LogP contribution is -2.68. The Kier molecular flexibility index (Phi) is 11.9. The lowest BCUT2D eigenvalue weighted by molar-refractivity contribution is -0.206. The summed E-state index contributed by atoms with van der Waals surface area (Å²) in [6.45, 7) is 8.18. The Labute approximate surface area is 314 Å². The lowest BCUT2D eigenvalue weighted by atomic mass is 9.99. The third-order valence-electron chi connectivity index (χ3n) is 9.47. The molecule has 274 valence electrons. The third kappa shape index (κ3) is 8.27. The Hall–Kier alpha value is -4.71. The van der Waals surface area contributed by atoms with Crippen LogP contribution in [0.1, 0.15) is 47.1 Å². The molecule has 0 amide bonds. The largest absolute Gasteiger partial charge is 0.452 e. The van der Waals surface area contributed by atoms with Crippen molar-refractivity contribution in [2.75, 3.05) is 6.61 Å². The van der Waals surface area contributed by atoms with E-state index in [0.717, 1.165) is 15.9 Å². The molecule has 1 saturated heterocycles. The van der Waals surface area contributed by atoms with Crippen molar-refractivity contribution in [2.45, 2.75) is 67.5 Å². The van der Waals surface area contributed by atoms with Gasteiger partial charge < -0.3 is 23.7 Å². The summed E-state index contributed by atoms with van der Waals surface area (Å²) >= 11 is 0. The maximum Gasteiger partial charge on any atom is 0.338 e. The molecular weight excluding hydrogens is 705 g/mol. The molecule has 1 unspecified atom stereocenters. The van der Waals surface area contributed by atoms with Crippen LogP contribution in [0.5, 0.6) is 0 Å². The molecule has 1 N–H and O–H groups in total. The first-order valence-electron chi connectivity index (χ1n) is 17.6. The number of hydrogen-bond acceptors (Lipinski definition) is 8. The van der Waals surface area contributed by atoms with E-state index < -0.39 is 65.9 Å². The molecule has 0 bridgehead atoms. The van der Waals surface area contributed by atoms with E-state index in [1.807, 2.05) is 55.5 Å². The van der Waals surface area contributed by atoms with Crippen LogP contribution in [0.4, 0.5) is 0 Å². The first-order valence-corrected chi connectivity index (χ1v) is 20.7. The van der Waals surface area contributed by atoms with Crippen LogP contribution in [0.15, 0.2) is 150 Å². The minimum absolute atomic E-state index is 0.144. The number of rotatable bonds is 11. The van der Waals surface area contributed by atoms with Gasteiger partial charge in [-0.2, -0.15) is 0 Å². The Bertz CT molecular complexity index is 1950. The van der Waals surface area contributed by atoms with E-state index in [1.165, 1.54) is 0 Å². The lowest BCUT2D eigenvalue weighted by Gasteiger charge is -2.46. The monoisotopic (exact) mass is 748 g/mol. The number of ether oxygens (including phenoxy) is 3. The minimum atomic E-state index is -3.14. The summed E-state index contributed by atoms with van der Waals surface area (Å²) in [5, 5.41) is 13.8. The van der Waals surface area contributed by atoms with Gasteiger partial charge in [0.15, 0.2) is 17.6 Å². The van der Waals surface area contributed by atoms with Crippen LogP contribution < -0.4 is 10.4 Å². The third-order valence-corrected chi connectivity index (χ3v) is 16.0. The van der Waals surface area contributed by atoms with E-state index in [0.29, 0.717) is 4.90 Å². The zero-order chi connectivity index (χ0) is 37.6. The van der Waals surface area contributed by atoms with Gasteiger partial charge in [-0.05, 0) is 58.7 Å². The molecule has 1 fully saturated rings. The molecule has 0 spiro atoms. The topological polar surface area (TPSA) is 108 Å². The summed E-state index contributed by atoms with van der Waals surface area (Å²) in [6.07, 6.45) is -5.62. The van der Waals surface area contributed by atoms with Gasteiger partial charge in [-0.1, -0.05) is 136 Å². The molecule has 1 heterocycles. The van der Waals surface area contributed by atoms with Crippen LogP contribution in [0.2, 0.25) is 5.04 Å². The SMILES string of the molecule is Cc1ccc(S(=O)[C@@H]2O[C@H](CO[Si](c3ccccc3)(c3ccccc3)C(C)(C)C)[C@H](O)[C@H](OC(=O)c3ccccc3)[C@H]2OC(=O)c2ccccc2)cc1. The molecule has 8 nitrogen and oxygen atoms in total. The van der Waals surface area contributed by atoms with Crippen molar-refractivity contribution in [1.82, 2.24) is 0 Å². The number of benzene rings is 5. The van der Waals surface area contributed by atoms with Crippen molar-refractivity contribution in [3.05, 3.63) is 162 Å². The highest BCUT2D eigenvalue weighted by molar-refractivity contribution is 7.85. The summed E-state index contributed by atoms with van der Waals surface area (Å²) in [7, 11) is -5.09. The zero-order valence-corrected chi connectivity index (χ0v) is 32.0. The smallest absolute Gasteiger partial charge is 0.338 e. The van der Waals surface area contributed by atoms with Gasteiger partial charge in [-0.15, -0.1) is 0 Å². The van der Waals surface area contributed by atoms with Crippen LogP contribution in [0, 0.1) is 6.92 Å². The molecule has 53 heavy (non-hydrogen) atoms. The standard InChI is InChI=1S/C43H44O8SSi/c1-30-25-27-33(28-26-30)52(47)42-39(51-41(46)32-19-11-6-12-20-32)38(50-40(45)31-17-9-5-10-18-31)37(44)36(49-42)29-48-53(43(2,3)4,34-21-13-7-14-22-34)35-23-15-8-16-24-35/h5-28,36-39,42,44H,29H2,1-4H3/t36-,37+,38+,39-,42+,52?/m1/s1. The quantitative estimate of drug-likeness (QED) is 0.126. The van der Waals surface area contributed by atoms with E-state index in [4.69, 9.17) is 18.6 Å². The zero-order valence-electron chi connectivity index (χ0n) is 30.2. The van der Waals surface area contributed by atoms with Crippen LogP contribution in [0.3, 0.4) is 0 Å². The number of esters is 2. The second-order valence-corrected chi connectivity index (χ2v) is 19.9. The van der Waals surface area contributed by atoms with Gasteiger partial charge in [0.25, 0.3) is 8.32 Å². The van der Waals surface area contributed by atoms with Crippen molar-refractivity contribution in [1.29, 1.82) is 0 Å². The summed E-state index contributed by atoms with van der Waals surface area (Å²) in [6, 6.07) is 43.8. The van der Waals surface area contributed by atoms with Crippen molar-refractivity contribution in [3.63, 3.8) is 0 Å². The molecule has 0 aromatic heterocycles. The van der Waals surface area contributed by atoms with Gasteiger partial charge in [0.05, 0.1) is 28.5 Å². The first kappa shape index (κ1) is 38.0. The van der Waals surface area contributed by atoms with Gasteiger partial charge in [0.1, 0.15) is 12.2 Å². The Morgan fingerprint density at radius 1 is 0.679 bits per heavy atom. The fraction of sp³-hybridized carbons (Fsp3) is 0.256. The fourth-order valence-electron chi connectivity index (χ4n) is 6.77. The molecular formula is C43H44O8SSi. The Morgan fingerprint density at radius 3 is 1.57 bits per heavy atom. The van der Waals surface area contributed by atoms with Crippen molar-refractivity contribution in [2.24, 2.45) is 0 Å². The molecule has 5 aromatic carbocycles. The van der Waals surface area contributed by atoms with Crippen molar-refractivity contribution < 1.29 is 37.5 Å². The van der Waals surface area contributed by atoms with Crippen LogP contribution >= 0.6 is 0 Å². The summed E-state index contributed by atoms with van der Waals surface area (Å²) in [5.41, 5.74) is 0.0712. The Morgan fingerprint density at radius 2 is 1.11 bits per heavy atom. The molecule has 10 heteroatoms. The first-order chi connectivity index (χ1) is 25.5. The van der Waals surface area contributed by atoms with Gasteiger partial charge in [-0.3, -0.25) is 4.21 Å². The molecule has 1 aliphatic heterocycles. The molecule has 0 aliphatic carbocycles. The average molecular weight is 749 g/mol. The van der Waals surface area contributed by atoms with E-state index in [-0.39, 0.29) is 17.7 Å². The molecule has 0 saturated carbocycles. The van der Waals surface area contributed by atoms with Crippen LogP contribution in [0.25, 0.3) is 0 Å². The van der Waals surface area contributed by atoms with Gasteiger partial charge in [0.2, 0.25) is 0 Å². The number of aliphatic hydroxyl groups is 1. The summed E-state index contributed by atoms with van der Waals surface area (Å²) in [5.74, 6) is -1.50. The highest BCUT2D eigenvalue weighted by Crippen LogP contribution is 2.38. The van der Waals surface area contributed by atoms with Gasteiger partial charge in [-0.25, -0.2) is 9.59 Å². The van der Waals surface area contributed by atoms with Crippen molar-refractivity contribution in [3.8, 4) is 0 Å².